The highest BCUT2D eigenvalue weighted by Gasteiger charge is 2.27. The summed E-state index contributed by atoms with van der Waals surface area (Å²) in [4.78, 5) is 0.316. The van der Waals surface area contributed by atoms with Crippen molar-refractivity contribution in [3.63, 3.8) is 0 Å². The molecule has 116 valence electrons. The van der Waals surface area contributed by atoms with Crippen LogP contribution in [0.4, 0.5) is 0 Å². The summed E-state index contributed by atoms with van der Waals surface area (Å²) in [7, 11) is -1.91. The highest BCUT2D eigenvalue weighted by Crippen LogP contribution is 2.26. The van der Waals surface area contributed by atoms with Crippen molar-refractivity contribution in [3.8, 4) is 0 Å². The minimum atomic E-state index is -3.55. The van der Waals surface area contributed by atoms with E-state index >= 15 is 0 Å². The molecule has 6 heteroatoms. The summed E-state index contributed by atoms with van der Waals surface area (Å²) in [6, 6.07) is 6.67. The van der Waals surface area contributed by atoms with Crippen LogP contribution < -0.4 is 5.73 Å². The molecule has 21 heavy (non-hydrogen) atoms. The average molecular weight is 326 g/mol. The lowest BCUT2D eigenvalue weighted by Crippen LogP contribution is -2.33. The average Bonchev–Trinajstić information content (AvgIpc) is 2.48. The molecule has 0 heterocycles. The number of hydrogen-bond donors (Lipinski definition) is 1. The second-order valence-electron chi connectivity index (χ2n) is 5.65. The molecule has 0 bridgehead atoms. The number of nitrogens with zero attached hydrogens (tertiary/aromatic N) is 1. The summed E-state index contributed by atoms with van der Waals surface area (Å²) in [5.74, 6) is 0.454. The summed E-state index contributed by atoms with van der Waals surface area (Å²) in [6.07, 6.45) is 5.87. The monoisotopic (exact) mass is 326 g/mol. The fraction of sp³-hybridized carbons (Fsp3) is 0.533. The van der Waals surface area contributed by atoms with E-state index in [0.29, 0.717) is 18.0 Å². The second-order valence-corrected chi connectivity index (χ2v) is 8.10. The normalized spacial score (nSPS) is 17.0. The molecule has 0 amide bonds. The molecule has 0 aliphatic heterocycles. The molecule has 0 radical (unpaired) electrons. The first-order valence-corrected chi connectivity index (χ1v) is 9.13. The topological polar surface area (TPSA) is 63.4 Å². The third kappa shape index (κ3) is 3.81. The molecule has 0 saturated heterocycles. The van der Waals surface area contributed by atoms with Crippen molar-refractivity contribution in [2.45, 2.75) is 37.0 Å². The van der Waals surface area contributed by atoms with Crippen molar-refractivity contribution in [2.24, 2.45) is 11.7 Å². The predicted octanol–water partition coefficient (Wildman–Crippen LogP) is 2.52. The third-order valence-corrected chi connectivity index (χ3v) is 6.18. The standard InChI is InChI=1S/C15H22N2O2S2/c1-17(11-12-7-3-2-4-8-12)21(18,19)14-10-6-5-9-13(14)15(16)20/h5-6,9-10,12H,2-4,7-8,11H2,1H3,(H2,16,20). The minimum absolute atomic E-state index is 0.111. The number of nitrogens with two attached hydrogens (primary N) is 1. The molecule has 1 saturated carbocycles. The lowest BCUT2D eigenvalue weighted by atomic mass is 9.89. The number of benzene rings is 1. The van der Waals surface area contributed by atoms with Crippen LogP contribution in [0.25, 0.3) is 0 Å². The summed E-state index contributed by atoms with van der Waals surface area (Å²) in [5.41, 5.74) is 6.06. The number of rotatable bonds is 5. The molecule has 1 aromatic rings. The molecule has 1 fully saturated rings. The van der Waals surface area contributed by atoms with Crippen molar-refractivity contribution < 1.29 is 8.42 Å². The largest absolute Gasteiger partial charge is 0.389 e. The highest BCUT2D eigenvalue weighted by molar-refractivity contribution is 7.89. The summed E-state index contributed by atoms with van der Waals surface area (Å²) >= 11 is 4.96. The van der Waals surface area contributed by atoms with E-state index in [9.17, 15) is 8.42 Å². The Bertz CT molecular complexity index is 608. The van der Waals surface area contributed by atoms with Gasteiger partial charge in [-0.15, -0.1) is 0 Å². The van der Waals surface area contributed by atoms with Crippen LogP contribution in [-0.2, 0) is 10.0 Å². The van der Waals surface area contributed by atoms with Gasteiger partial charge in [0.05, 0.1) is 4.90 Å². The maximum absolute atomic E-state index is 12.7. The van der Waals surface area contributed by atoms with Crippen molar-refractivity contribution in [1.82, 2.24) is 4.31 Å². The van der Waals surface area contributed by atoms with Crippen LogP contribution in [0.3, 0.4) is 0 Å². The van der Waals surface area contributed by atoms with E-state index in [1.807, 2.05) is 0 Å². The van der Waals surface area contributed by atoms with Crippen LogP contribution in [0.5, 0.6) is 0 Å². The lowest BCUT2D eigenvalue weighted by Gasteiger charge is -2.27. The van der Waals surface area contributed by atoms with Crippen molar-refractivity contribution >= 4 is 27.2 Å². The quantitative estimate of drug-likeness (QED) is 0.845. The SMILES string of the molecule is CN(CC1CCCCC1)S(=O)(=O)c1ccccc1C(N)=S. The summed E-state index contributed by atoms with van der Waals surface area (Å²) in [6.45, 7) is 0.563. The van der Waals surface area contributed by atoms with Gasteiger partial charge in [0, 0.05) is 19.2 Å². The van der Waals surface area contributed by atoms with Gasteiger partial charge in [0.2, 0.25) is 10.0 Å². The Labute approximate surface area is 132 Å². The van der Waals surface area contributed by atoms with E-state index in [1.165, 1.54) is 23.6 Å². The fourth-order valence-electron chi connectivity index (χ4n) is 2.89. The Morgan fingerprint density at radius 3 is 2.52 bits per heavy atom. The molecular weight excluding hydrogens is 304 g/mol. The first kappa shape index (κ1) is 16.4. The Morgan fingerprint density at radius 1 is 1.29 bits per heavy atom. The fourth-order valence-corrected chi connectivity index (χ4v) is 4.59. The van der Waals surface area contributed by atoms with E-state index in [1.54, 1.807) is 31.3 Å². The molecule has 1 aliphatic carbocycles. The Morgan fingerprint density at radius 2 is 1.90 bits per heavy atom. The molecule has 1 aliphatic rings. The molecule has 4 nitrogen and oxygen atoms in total. The van der Waals surface area contributed by atoms with Gasteiger partial charge in [-0.3, -0.25) is 0 Å². The van der Waals surface area contributed by atoms with E-state index in [4.69, 9.17) is 18.0 Å². The first-order chi connectivity index (χ1) is 9.93. The predicted molar refractivity (Wildman–Crippen MR) is 88.7 cm³/mol. The smallest absolute Gasteiger partial charge is 0.243 e. The molecule has 1 aromatic carbocycles. The van der Waals surface area contributed by atoms with Gasteiger partial charge in [-0.1, -0.05) is 49.7 Å². The van der Waals surface area contributed by atoms with Crippen LogP contribution in [0, 0.1) is 5.92 Å². The van der Waals surface area contributed by atoms with Crippen molar-refractivity contribution in [1.29, 1.82) is 0 Å². The Balaban J connectivity index is 2.22. The number of hydrogen-bond acceptors (Lipinski definition) is 3. The van der Waals surface area contributed by atoms with Crippen LogP contribution in [0.1, 0.15) is 37.7 Å². The van der Waals surface area contributed by atoms with Gasteiger partial charge >= 0.3 is 0 Å². The second kappa shape index (κ2) is 6.85. The molecule has 0 spiro atoms. The van der Waals surface area contributed by atoms with Crippen LogP contribution in [0.15, 0.2) is 29.2 Å². The number of sulfonamides is 1. The third-order valence-electron chi connectivity index (χ3n) is 4.08. The maximum atomic E-state index is 12.7. The van der Waals surface area contributed by atoms with Crippen molar-refractivity contribution in [3.05, 3.63) is 29.8 Å². The van der Waals surface area contributed by atoms with Gasteiger partial charge in [0.15, 0.2) is 0 Å². The van der Waals surface area contributed by atoms with Crippen molar-refractivity contribution in [2.75, 3.05) is 13.6 Å². The van der Waals surface area contributed by atoms with E-state index in [-0.39, 0.29) is 9.88 Å². The van der Waals surface area contributed by atoms with Gasteiger partial charge in [-0.05, 0) is 24.8 Å². The first-order valence-electron chi connectivity index (χ1n) is 7.28. The van der Waals surface area contributed by atoms with E-state index in [2.05, 4.69) is 0 Å². The molecule has 0 atom stereocenters. The summed E-state index contributed by atoms with van der Waals surface area (Å²) in [5, 5.41) is 0. The number of thiocarbonyl (C=S) groups is 1. The molecule has 0 unspecified atom stereocenters. The Kier molecular flexibility index (Phi) is 5.35. The molecule has 0 aromatic heterocycles. The van der Waals surface area contributed by atoms with Gasteiger partial charge in [-0.25, -0.2) is 12.7 Å². The van der Waals surface area contributed by atoms with E-state index in [0.717, 1.165) is 12.8 Å². The molecule has 2 rings (SSSR count). The van der Waals surface area contributed by atoms with E-state index < -0.39 is 10.0 Å². The molecule has 2 N–H and O–H groups in total. The Hall–Kier alpha value is -0.980. The zero-order chi connectivity index (χ0) is 15.5. The van der Waals surface area contributed by atoms with Crippen LogP contribution >= 0.6 is 12.2 Å². The summed E-state index contributed by atoms with van der Waals surface area (Å²) < 4.78 is 26.9. The van der Waals surface area contributed by atoms with Gasteiger partial charge in [0.25, 0.3) is 0 Å². The van der Waals surface area contributed by atoms with Gasteiger partial charge in [0.1, 0.15) is 4.99 Å². The zero-order valence-corrected chi connectivity index (χ0v) is 13.9. The maximum Gasteiger partial charge on any atom is 0.243 e. The molecular formula is C15H22N2O2S2. The van der Waals surface area contributed by atoms with Crippen LogP contribution in [0.2, 0.25) is 0 Å². The highest BCUT2D eigenvalue weighted by atomic mass is 32.2. The van der Waals surface area contributed by atoms with Crippen LogP contribution in [-0.4, -0.2) is 31.3 Å². The van der Waals surface area contributed by atoms with Gasteiger partial charge < -0.3 is 5.73 Å². The zero-order valence-electron chi connectivity index (χ0n) is 12.3. The minimum Gasteiger partial charge on any atom is -0.389 e. The van der Waals surface area contributed by atoms with Gasteiger partial charge in [-0.2, -0.15) is 0 Å². The lowest BCUT2D eigenvalue weighted by molar-refractivity contribution is 0.300.